The van der Waals surface area contributed by atoms with Crippen LogP contribution in [0.2, 0.25) is 0 Å². The second kappa shape index (κ2) is 6.41. The summed E-state index contributed by atoms with van der Waals surface area (Å²) >= 11 is 0. The van der Waals surface area contributed by atoms with Crippen molar-refractivity contribution in [2.75, 3.05) is 6.54 Å². The summed E-state index contributed by atoms with van der Waals surface area (Å²) in [5.74, 6) is 6.37. The zero-order valence-electron chi connectivity index (χ0n) is 11.7. The smallest absolute Gasteiger partial charge is 0.205 e. The lowest BCUT2D eigenvalue weighted by molar-refractivity contribution is 0.297. The van der Waals surface area contributed by atoms with Gasteiger partial charge in [-0.25, -0.2) is 5.84 Å². The van der Waals surface area contributed by atoms with Gasteiger partial charge in [-0.3, -0.25) is 10.4 Å². The summed E-state index contributed by atoms with van der Waals surface area (Å²) in [6.07, 6.45) is 11.8. The standard InChI is InChI=1S/C14H28N4/c1-2-14(9-5-6-10-14)11-16-13(18-15)17-12-7-3-4-8-12/h12H,2-11,15H2,1H3,(H2,16,17,18). The van der Waals surface area contributed by atoms with E-state index in [1.807, 2.05) is 0 Å². The maximum atomic E-state index is 5.58. The van der Waals surface area contributed by atoms with Gasteiger partial charge in [-0.05, 0) is 37.5 Å². The first-order chi connectivity index (χ1) is 8.78. The molecular formula is C14H28N4. The Morgan fingerprint density at radius 2 is 1.89 bits per heavy atom. The zero-order chi connectivity index (χ0) is 12.8. The number of aliphatic imine (C=N–C) groups is 1. The lowest BCUT2D eigenvalue weighted by atomic mass is 9.84. The molecule has 0 amide bonds. The van der Waals surface area contributed by atoms with E-state index in [0.717, 1.165) is 12.5 Å². The minimum atomic E-state index is 0.444. The Morgan fingerprint density at radius 1 is 1.22 bits per heavy atom. The monoisotopic (exact) mass is 252 g/mol. The van der Waals surface area contributed by atoms with Gasteiger partial charge in [-0.1, -0.05) is 32.6 Å². The highest BCUT2D eigenvalue weighted by Crippen LogP contribution is 2.41. The predicted octanol–water partition coefficient (Wildman–Crippen LogP) is 2.31. The Labute approximate surface area is 111 Å². The number of nitrogens with zero attached hydrogens (tertiary/aromatic N) is 1. The van der Waals surface area contributed by atoms with Crippen LogP contribution in [0.5, 0.6) is 0 Å². The molecule has 2 rings (SSSR count). The average molecular weight is 252 g/mol. The summed E-state index contributed by atoms with van der Waals surface area (Å²) in [5, 5.41) is 3.44. The van der Waals surface area contributed by atoms with Crippen molar-refractivity contribution in [2.24, 2.45) is 16.3 Å². The summed E-state index contributed by atoms with van der Waals surface area (Å²) in [6, 6.07) is 0.570. The quantitative estimate of drug-likeness (QED) is 0.311. The van der Waals surface area contributed by atoms with E-state index in [4.69, 9.17) is 10.8 Å². The molecule has 2 aliphatic carbocycles. The maximum absolute atomic E-state index is 5.58. The van der Waals surface area contributed by atoms with E-state index >= 15 is 0 Å². The molecule has 104 valence electrons. The Bertz CT molecular complexity index is 276. The number of hydrogen-bond acceptors (Lipinski definition) is 2. The Kier molecular flexibility index (Phi) is 4.87. The summed E-state index contributed by atoms with van der Waals surface area (Å²) in [6.45, 7) is 3.21. The van der Waals surface area contributed by atoms with E-state index in [1.165, 1.54) is 57.8 Å². The second-order valence-electron chi connectivity index (χ2n) is 6.00. The average Bonchev–Trinajstić information content (AvgIpc) is 3.06. The van der Waals surface area contributed by atoms with Crippen molar-refractivity contribution in [2.45, 2.75) is 70.8 Å². The zero-order valence-corrected chi connectivity index (χ0v) is 11.7. The molecule has 0 heterocycles. The van der Waals surface area contributed by atoms with Gasteiger partial charge in [0.25, 0.3) is 0 Å². The summed E-state index contributed by atoms with van der Waals surface area (Å²) in [4.78, 5) is 4.70. The van der Waals surface area contributed by atoms with Gasteiger partial charge in [0.1, 0.15) is 0 Å². The van der Waals surface area contributed by atoms with E-state index in [1.54, 1.807) is 0 Å². The van der Waals surface area contributed by atoms with Gasteiger partial charge in [0, 0.05) is 12.6 Å². The van der Waals surface area contributed by atoms with E-state index in [-0.39, 0.29) is 0 Å². The number of hydrogen-bond donors (Lipinski definition) is 3. The third-order valence-electron chi connectivity index (χ3n) is 4.82. The molecule has 4 nitrogen and oxygen atoms in total. The van der Waals surface area contributed by atoms with Crippen molar-refractivity contribution in [3.8, 4) is 0 Å². The summed E-state index contributed by atoms with van der Waals surface area (Å²) in [5.41, 5.74) is 3.18. The molecule has 0 aromatic carbocycles. The molecule has 2 saturated carbocycles. The van der Waals surface area contributed by atoms with Crippen molar-refractivity contribution in [1.82, 2.24) is 10.7 Å². The number of guanidine groups is 1. The number of nitrogens with one attached hydrogen (secondary N) is 2. The maximum Gasteiger partial charge on any atom is 0.205 e. The molecule has 0 aromatic rings. The van der Waals surface area contributed by atoms with Crippen LogP contribution in [0.15, 0.2) is 4.99 Å². The molecule has 0 atom stereocenters. The van der Waals surface area contributed by atoms with Crippen LogP contribution in [0, 0.1) is 5.41 Å². The Morgan fingerprint density at radius 3 is 2.44 bits per heavy atom. The molecule has 0 spiro atoms. The second-order valence-corrected chi connectivity index (χ2v) is 6.00. The van der Waals surface area contributed by atoms with Crippen LogP contribution >= 0.6 is 0 Å². The molecule has 0 aromatic heterocycles. The van der Waals surface area contributed by atoms with Gasteiger partial charge in [-0.15, -0.1) is 0 Å². The van der Waals surface area contributed by atoms with E-state index in [2.05, 4.69) is 17.7 Å². The van der Waals surface area contributed by atoms with Crippen molar-refractivity contribution >= 4 is 5.96 Å². The van der Waals surface area contributed by atoms with E-state index in [9.17, 15) is 0 Å². The van der Waals surface area contributed by atoms with Crippen LogP contribution < -0.4 is 16.6 Å². The molecular weight excluding hydrogens is 224 g/mol. The molecule has 4 heteroatoms. The van der Waals surface area contributed by atoms with E-state index in [0.29, 0.717) is 11.5 Å². The van der Waals surface area contributed by atoms with Crippen molar-refractivity contribution in [3.05, 3.63) is 0 Å². The van der Waals surface area contributed by atoms with Gasteiger partial charge in [0.2, 0.25) is 5.96 Å². The third kappa shape index (κ3) is 3.37. The minimum absolute atomic E-state index is 0.444. The van der Waals surface area contributed by atoms with Gasteiger partial charge in [0.15, 0.2) is 0 Å². The molecule has 2 fully saturated rings. The van der Waals surface area contributed by atoms with Crippen LogP contribution in [-0.2, 0) is 0 Å². The lowest BCUT2D eigenvalue weighted by Gasteiger charge is -2.26. The minimum Gasteiger partial charge on any atom is -0.353 e. The topological polar surface area (TPSA) is 62.4 Å². The number of rotatable bonds is 4. The SMILES string of the molecule is CCC1(CN=C(NN)NC2CCCC2)CCCC1. The number of nitrogens with two attached hydrogens (primary N) is 1. The Balaban J connectivity index is 1.87. The van der Waals surface area contributed by atoms with Gasteiger partial charge >= 0.3 is 0 Å². The summed E-state index contributed by atoms with van der Waals surface area (Å²) < 4.78 is 0. The summed E-state index contributed by atoms with van der Waals surface area (Å²) in [7, 11) is 0. The predicted molar refractivity (Wildman–Crippen MR) is 76.2 cm³/mol. The fourth-order valence-corrected chi connectivity index (χ4v) is 3.39. The highest BCUT2D eigenvalue weighted by Gasteiger charge is 2.31. The molecule has 4 N–H and O–H groups in total. The molecule has 2 aliphatic rings. The van der Waals surface area contributed by atoms with Crippen LogP contribution in [0.1, 0.15) is 64.7 Å². The molecule has 0 aliphatic heterocycles. The van der Waals surface area contributed by atoms with Gasteiger partial charge in [0.05, 0.1) is 0 Å². The molecule has 0 radical (unpaired) electrons. The van der Waals surface area contributed by atoms with Gasteiger partial charge < -0.3 is 5.32 Å². The molecule has 0 saturated heterocycles. The molecule has 18 heavy (non-hydrogen) atoms. The highest BCUT2D eigenvalue weighted by molar-refractivity contribution is 5.79. The lowest BCUT2D eigenvalue weighted by Crippen LogP contribution is -2.46. The van der Waals surface area contributed by atoms with Crippen molar-refractivity contribution in [3.63, 3.8) is 0 Å². The third-order valence-corrected chi connectivity index (χ3v) is 4.82. The van der Waals surface area contributed by atoms with Crippen LogP contribution in [0.4, 0.5) is 0 Å². The van der Waals surface area contributed by atoms with Crippen molar-refractivity contribution in [1.29, 1.82) is 0 Å². The van der Waals surface area contributed by atoms with E-state index < -0.39 is 0 Å². The fourth-order valence-electron chi connectivity index (χ4n) is 3.39. The van der Waals surface area contributed by atoms with Gasteiger partial charge in [-0.2, -0.15) is 0 Å². The van der Waals surface area contributed by atoms with Crippen LogP contribution in [-0.4, -0.2) is 18.5 Å². The van der Waals surface area contributed by atoms with Crippen molar-refractivity contribution < 1.29 is 0 Å². The number of hydrazine groups is 1. The fraction of sp³-hybridized carbons (Fsp3) is 0.929. The highest BCUT2D eigenvalue weighted by atomic mass is 15.3. The first kappa shape index (κ1) is 13.7. The normalized spacial score (nSPS) is 24.4. The van der Waals surface area contributed by atoms with Crippen LogP contribution in [0.3, 0.4) is 0 Å². The first-order valence-electron chi connectivity index (χ1n) is 7.56. The molecule has 0 bridgehead atoms. The molecule has 0 unspecified atom stereocenters. The Hall–Kier alpha value is -0.770. The van der Waals surface area contributed by atoms with Crippen LogP contribution in [0.25, 0.3) is 0 Å². The largest absolute Gasteiger partial charge is 0.353 e. The first-order valence-corrected chi connectivity index (χ1v) is 7.56.